The minimum absolute atomic E-state index is 0.136. The second-order valence-corrected chi connectivity index (χ2v) is 11.8. The van der Waals surface area contributed by atoms with Gasteiger partial charge in [0.05, 0.1) is 0 Å². The van der Waals surface area contributed by atoms with Crippen molar-refractivity contribution in [2.24, 2.45) is 23.2 Å². The van der Waals surface area contributed by atoms with E-state index in [9.17, 15) is 14.4 Å². The molecule has 0 aromatic heterocycles. The Bertz CT molecular complexity index is 901. The predicted octanol–water partition coefficient (Wildman–Crippen LogP) is 4.71. The van der Waals surface area contributed by atoms with E-state index >= 15 is 0 Å². The van der Waals surface area contributed by atoms with Crippen LogP contribution in [0.25, 0.3) is 0 Å². The van der Waals surface area contributed by atoms with Gasteiger partial charge in [-0.1, -0.05) is 12.1 Å². The second kappa shape index (κ2) is 9.59. The molecule has 1 aromatic carbocycles. The van der Waals surface area contributed by atoms with Gasteiger partial charge in [-0.25, -0.2) is 4.79 Å². The van der Waals surface area contributed by atoms with Gasteiger partial charge < -0.3 is 20.3 Å². The van der Waals surface area contributed by atoms with Gasteiger partial charge >= 0.3 is 6.09 Å². The summed E-state index contributed by atoms with van der Waals surface area (Å²) in [4.78, 5) is 39.2. The van der Waals surface area contributed by atoms with E-state index in [2.05, 4.69) is 10.6 Å². The minimum atomic E-state index is -0.549. The van der Waals surface area contributed by atoms with E-state index < -0.39 is 11.7 Å². The molecule has 0 saturated heterocycles. The molecule has 0 atom stereocenters. The van der Waals surface area contributed by atoms with Crippen LogP contribution >= 0.6 is 0 Å². The lowest BCUT2D eigenvalue weighted by Gasteiger charge is -2.55. The lowest BCUT2D eigenvalue weighted by atomic mass is 9.49. The Labute approximate surface area is 203 Å². The van der Waals surface area contributed by atoms with Gasteiger partial charge in [0.1, 0.15) is 5.60 Å². The molecular weight excluding hydrogens is 430 g/mol. The zero-order valence-corrected chi connectivity index (χ0v) is 21.0. The first-order valence-electron chi connectivity index (χ1n) is 12.6. The molecule has 4 fully saturated rings. The van der Waals surface area contributed by atoms with E-state index in [1.165, 1.54) is 24.2 Å². The van der Waals surface area contributed by atoms with Crippen LogP contribution in [0.1, 0.15) is 71.3 Å². The average molecular weight is 470 g/mol. The summed E-state index contributed by atoms with van der Waals surface area (Å²) >= 11 is 0. The molecular formula is C27H39N3O4. The van der Waals surface area contributed by atoms with Crippen molar-refractivity contribution in [1.29, 1.82) is 0 Å². The number of rotatable bonds is 7. The fourth-order valence-corrected chi connectivity index (χ4v) is 6.51. The normalized spacial score (nSPS) is 27.2. The van der Waals surface area contributed by atoms with Gasteiger partial charge in [0.2, 0.25) is 11.8 Å². The summed E-state index contributed by atoms with van der Waals surface area (Å²) in [6, 6.07) is 7.43. The molecule has 3 amide bonds. The Hall–Kier alpha value is -2.57. The molecule has 0 unspecified atom stereocenters. The van der Waals surface area contributed by atoms with E-state index in [-0.39, 0.29) is 23.7 Å². The summed E-state index contributed by atoms with van der Waals surface area (Å²) < 4.78 is 5.39. The number of hydrogen-bond acceptors (Lipinski definition) is 4. The Balaban J connectivity index is 1.23. The molecule has 4 bridgehead atoms. The Morgan fingerprint density at radius 2 is 1.68 bits per heavy atom. The second-order valence-electron chi connectivity index (χ2n) is 11.8. The van der Waals surface area contributed by atoms with Gasteiger partial charge in [0.25, 0.3) is 0 Å². The molecule has 0 spiro atoms. The first-order valence-corrected chi connectivity index (χ1v) is 12.6. The summed E-state index contributed by atoms with van der Waals surface area (Å²) in [5.74, 6) is 2.20. The first-order chi connectivity index (χ1) is 16.0. The lowest BCUT2D eigenvalue weighted by Crippen LogP contribution is -2.53. The SMILES string of the molecule is CN(Cc1cccc(NC(=O)CCNC(=O)C23CC4CC(CC(C4)C2)C3)c1)C(=O)OC(C)(C)C. The highest BCUT2D eigenvalue weighted by atomic mass is 16.6. The summed E-state index contributed by atoms with van der Waals surface area (Å²) in [6.07, 6.45) is 6.85. The molecule has 0 aliphatic heterocycles. The lowest BCUT2D eigenvalue weighted by molar-refractivity contribution is -0.146. The number of carbonyl (C=O) groups is 3. The van der Waals surface area contributed by atoms with Gasteiger partial charge in [-0.3, -0.25) is 9.59 Å². The van der Waals surface area contributed by atoms with Gasteiger partial charge in [-0.15, -0.1) is 0 Å². The van der Waals surface area contributed by atoms with E-state index in [0.29, 0.717) is 18.8 Å². The molecule has 7 nitrogen and oxygen atoms in total. The van der Waals surface area contributed by atoms with Crippen LogP contribution in [0, 0.1) is 23.2 Å². The largest absolute Gasteiger partial charge is 0.444 e. The minimum Gasteiger partial charge on any atom is -0.444 e. The number of anilines is 1. The topological polar surface area (TPSA) is 87.7 Å². The quantitative estimate of drug-likeness (QED) is 0.605. The summed E-state index contributed by atoms with van der Waals surface area (Å²) in [5, 5.41) is 5.97. The predicted molar refractivity (Wildman–Crippen MR) is 131 cm³/mol. The van der Waals surface area contributed by atoms with Crippen LogP contribution in [-0.4, -0.2) is 42.0 Å². The molecule has 1 aromatic rings. The van der Waals surface area contributed by atoms with E-state index in [1.807, 2.05) is 45.0 Å². The Morgan fingerprint density at radius 3 is 2.26 bits per heavy atom. The standard InChI is InChI=1S/C27H39N3O4/c1-26(2,3)34-25(33)30(4)17-18-6-5-7-22(13-18)29-23(31)8-9-28-24(32)27-14-19-10-20(15-27)12-21(11-19)16-27/h5-7,13,19-21H,8-12,14-17H2,1-4H3,(H,28,32)(H,29,31). The molecule has 7 heteroatoms. The fraction of sp³-hybridized carbons (Fsp3) is 0.667. The summed E-state index contributed by atoms with van der Waals surface area (Å²) in [5.41, 5.74) is 0.834. The van der Waals surface area contributed by atoms with Crippen molar-refractivity contribution in [3.63, 3.8) is 0 Å². The van der Waals surface area contributed by atoms with Gasteiger partial charge in [-0.2, -0.15) is 0 Å². The van der Waals surface area contributed by atoms with Crippen LogP contribution < -0.4 is 10.6 Å². The first kappa shape index (κ1) is 24.6. The number of amides is 3. The van der Waals surface area contributed by atoms with E-state index in [0.717, 1.165) is 42.6 Å². The molecule has 4 aliphatic carbocycles. The molecule has 4 saturated carbocycles. The maximum Gasteiger partial charge on any atom is 0.410 e. The van der Waals surface area contributed by atoms with Crippen molar-refractivity contribution >= 4 is 23.6 Å². The fourth-order valence-electron chi connectivity index (χ4n) is 6.51. The van der Waals surface area contributed by atoms with Crippen LogP contribution in [0.4, 0.5) is 10.5 Å². The molecule has 0 radical (unpaired) electrons. The average Bonchev–Trinajstić information content (AvgIpc) is 2.71. The van der Waals surface area contributed by atoms with Crippen molar-refractivity contribution in [2.45, 2.75) is 77.9 Å². The number of carbonyl (C=O) groups excluding carboxylic acids is 3. The van der Waals surface area contributed by atoms with Crippen molar-refractivity contribution in [1.82, 2.24) is 10.2 Å². The molecule has 34 heavy (non-hydrogen) atoms. The van der Waals surface area contributed by atoms with Crippen LogP contribution in [0.5, 0.6) is 0 Å². The van der Waals surface area contributed by atoms with Crippen LogP contribution in [0.3, 0.4) is 0 Å². The van der Waals surface area contributed by atoms with Crippen LogP contribution in [0.2, 0.25) is 0 Å². The maximum absolute atomic E-state index is 13.0. The maximum atomic E-state index is 13.0. The molecule has 5 rings (SSSR count). The zero-order chi connectivity index (χ0) is 24.5. The third-order valence-corrected chi connectivity index (χ3v) is 7.49. The third-order valence-electron chi connectivity index (χ3n) is 7.49. The smallest absolute Gasteiger partial charge is 0.410 e. The van der Waals surface area contributed by atoms with Crippen molar-refractivity contribution in [3.05, 3.63) is 29.8 Å². The van der Waals surface area contributed by atoms with Crippen LogP contribution in [0.15, 0.2) is 24.3 Å². The van der Waals surface area contributed by atoms with Gasteiger partial charge in [0, 0.05) is 37.7 Å². The van der Waals surface area contributed by atoms with Crippen molar-refractivity contribution < 1.29 is 19.1 Å². The van der Waals surface area contributed by atoms with Crippen molar-refractivity contribution in [2.75, 3.05) is 18.9 Å². The molecule has 4 aliphatic rings. The zero-order valence-electron chi connectivity index (χ0n) is 21.0. The van der Waals surface area contributed by atoms with E-state index in [4.69, 9.17) is 4.74 Å². The third kappa shape index (κ3) is 5.91. The number of ether oxygens (including phenoxy) is 1. The highest BCUT2D eigenvalue weighted by molar-refractivity contribution is 5.91. The number of benzene rings is 1. The monoisotopic (exact) mass is 469 g/mol. The van der Waals surface area contributed by atoms with Crippen molar-refractivity contribution in [3.8, 4) is 0 Å². The molecule has 186 valence electrons. The Kier molecular flexibility index (Phi) is 6.92. The van der Waals surface area contributed by atoms with E-state index in [1.54, 1.807) is 7.05 Å². The number of nitrogens with one attached hydrogen (secondary N) is 2. The van der Waals surface area contributed by atoms with Crippen LogP contribution in [-0.2, 0) is 20.9 Å². The van der Waals surface area contributed by atoms with Gasteiger partial charge in [-0.05, 0) is 94.7 Å². The Morgan fingerprint density at radius 1 is 1.06 bits per heavy atom. The molecule has 0 heterocycles. The van der Waals surface area contributed by atoms with Gasteiger partial charge in [0.15, 0.2) is 0 Å². The highest BCUT2D eigenvalue weighted by Crippen LogP contribution is 2.60. The number of hydrogen-bond donors (Lipinski definition) is 2. The number of nitrogens with zero attached hydrogens (tertiary/aromatic N) is 1. The highest BCUT2D eigenvalue weighted by Gasteiger charge is 2.54. The molecule has 2 N–H and O–H groups in total. The summed E-state index contributed by atoms with van der Waals surface area (Å²) in [6.45, 7) is 6.23. The summed E-state index contributed by atoms with van der Waals surface area (Å²) in [7, 11) is 1.69.